The fraction of sp³-hybridized carbons (Fsp3) is 0.312. The van der Waals surface area contributed by atoms with Crippen LogP contribution in [0.25, 0.3) is 5.76 Å². The minimum atomic E-state index is -0.969. The van der Waals surface area contributed by atoms with Gasteiger partial charge in [-0.15, -0.1) is 0 Å². The largest absolute Gasteiger partial charge is 0.507 e. The lowest BCUT2D eigenvalue weighted by Crippen LogP contribution is -2.30. The van der Waals surface area contributed by atoms with E-state index in [1.54, 1.807) is 42.5 Å². The van der Waals surface area contributed by atoms with E-state index in [2.05, 4.69) is 0 Å². The van der Waals surface area contributed by atoms with E-state index in [0.717, 1.165) is 11.1 Å². The topological polar surface area (TPSA) is 94.5 Å². The Morgan fingerprint density at radius 3 is 2.12 bits per heavy atom. The van der Waals surface area contributed by atoms with Crippen LogP contribution < -0.4 is 23.8 Å². The molecule has 1 unspecified atom stereocenters. The lowest BCUT2D eigenvalue weighted by molar-refractivity contribution is -0.132. The molecule has 0 aromatic heterocycles. The number of nitrogens with zero attached hydrogens (tertiary/aromatic N) is 1. The van der Waals surface area contributed by atoms with Gasteiger partial charge < -0.3 is 24.1 Å². The summed E-state index contributed by atoms with van der Waals surface area (Å²) in [5.74, 6) is 0.0628. The van der Waals surface area contributed by atoms with Crippen molar-refractivity contribution < 1.29 is 33.6 Å². The average Bonchev–Trinajstić information content (AvgIpc) is 3.22. The van der Waals surface area contributed by atoms with Gasteiger partial charge in [-0.2, -0.15) is 0 Å². The SMILES string of the molecule is CCOc1ccc(/C(O)=C2\C(=O)C(=O)N(c3ccccc3C)C2c2cc(OC)c(OC)c(OC)c2)cc1C(C)C. The second kappa shape index (κ2) is 11.7. The zero-order valence-corrected chi connectivity index (χ0v) is 23.9. The summed E-state index contributed by atoms with van der Waals surface area (Å²) in [6, 6.07) is 15.0. The minimum absolute atomic E-state index is 0.0404. The third kappa shape index (κ3) is 4.97. The van der Waals surface area contributed by atoms with E-state index in [1.165, 1.54) is 26.2 Å². The monoisotopic (exact) mass is 545 g/mol. The number of aryl methyl sites for hydroxylation is 1. The van der Waals surface area contributed by atoms with Crippen LogP contribution in [0.3, 0.4) is 0 Å². The number of ketones is 1. The molecule has 1 fully saturated rings. The van der Waals surface area contributed by atoms with Crippen molar-refractivity contribution in [3.63, 3.8) is 0 Å². The van der Waals surface area contributed by atoms with Gasteiger partial charge in [0.05, 0.1) is 39.6 Å². The number of ether oxygens (including phenoxy) is 4. The zero-order valence-electron chi connectivity index (χ0n) is 23.9. The molecule has 3 aromatic carbocycles. The van der Waals surface area contributed by atoms with Crippen molar-refractivity contribution in [1.29, 1.82) is 0 Å². The second-order valence-corrected chi connectivity index (χ2v) is 9.75. The normalized spacial score (nSPS) is 16.4. The summed E-state index contributed by atoms with van der Waals surface area (Å²) >= 11 is 0. The first-order valence-corrected chi connectivity index (χ1v) is 13.1. The first kappa shape index (κ1) is 28.5. The maximum Gasteiger partial charge on any atom is 0.300 e. The molecule has 8 nitrogen and oxygen atoms in total. The summed E-state index contributed by atoms with van der Waals surface area (Å²) < 4.78 is 22.4. The second-order valence-electron chi connectivity index (χ2n) is 9.75. The fourth-order valence-corrected chi connectivity index (χ4v) is 5.08. The summed E-state index contributed by atoms with van der Waals surface area (Å²) in [6.07, 6.45) is 0. The van der Waals surface area contributed by atoms with Crippen LogP contribution in [0.5, 0.6) is 23.0 Å². The molecule has 1 atom stereocenters. The van der Waals surface area contributed by atoms with Crippen LogP contribution in [0, 0.1) is 6.92 Å². The molecule has 210 valence electrons. The molecule has 0 aliphatic carbocycles. The molecule has 1 saturated heterocycles. The Hall–Kier alpha value is -4.46. The Morgan fingerprint density at radius 1 is 0.925 bits per heavy atom. The molecule has 8 heteroatoms. The van der Waals surface area contributed by atoms with Crippen molar-refractivity contribution in [2.45, 2.75) is 39.7 Å². The predicted molar refractivity (Wildman–Crippen MR) is 154 cm³/mol. The summed E-state index contributed by atoms with van der Waals surface area (Å²) in [5.41, 5.74) is 3.10. The number of carbonyl (C=O) groups is 2. The third-order valence-electron chi connectivity index (χ3n) is 7.03. The van der Waals surface area contributed by atoms with Gasteiger partial charge in [0.25, 0.3) is 11.7 Å². The lowest BCUT2D eigenvalue weighted by atomic mass is 9.92. The first-order valence-electron chi connectivity index (χ1n) is 13.1. The Labute approximate surface area is 234 Å². The van der Waals surface area contributed by atoms with E-state index in [0.29, 0.717) is 46.4 Å². The summed E-state index contributed by atoms with van der Waals surface area (Å²) in [5, 5.41) is 11.7. The Kier molecular flexibility index (Phi) is 8.38. The number of benzene rings is 3. The van der Waals surface area contributed by atoms with Crippen molar-refractivity contribution in [1.82, 2.24) is 0 Å². The standard InChI is InChI=1S/C32H35NO7/c1-8-40-24-14-13-20(15-22(24)18(2)3)29(34)27-28(21-16-25(37-5)31(39-7)26(17-21)38-6)33(32(36)30(27)35)23-12-10-9-11-19(23)4/h9-18,28,34H,8H2,1-7H3/b29-27+. The Balaban J connectivity index is 2.03. The molecule has 1 N–H and O–H groups in total. The maximum atomic E-state index is 13.7. The number of Topliss-reactive ketones (excluding diaryl/α,β-unsaturated/α-hetero) is 1. The third-order valence-corrected chi connectivity index (χ3v) is 7.03. The first-order chi connectivity index (χ1) is 19.2. The van der Waals surface area contributed by atoms with E-state index in [4.69, 9.17) is 18.9 Å². The molecule has 1 aliphatic rings. The van der Waals surface area contributed by atoms with Crippen molar-refractivity contribution in [2.24, 2.45) is 0 Å². The number of carbonyl (C=O) groups excluding carboxylic acids is 2. The zero-order chi connectivity index (χ0) is 29.1. The van der Waals surface area contributed by atoms with Gasteiger partial charge in [0.15, 0.2) is 11.5 Å². The number of hydrogen-bond donors (Lipinski definition) is 1. The highest BCUT2D eigenvalue weighted by atomic mass is 16.5. The Morgan fingerprint density at radius 2 is 1.57 bits per heavy atom. The highest BCUT2D eigenvalue weighted by Gasteiger charge is 2.48. The molecule has 1 amide bonds. The van der Waals surface area contributed by atoms with Crippen molar-refractivity contribution in [3.05, 3.63) is 82.4 Å². The van der Waals surface area contributed by atoms with Gasteiger partial charge in [0.2, 0.25) is 5.75 Å². The van der Waals surface area contributed by atoms with Gasteiger partial charge in [-0.25, -0.2) is 0 Å². The maximum absolute atomic E-state index is 13.7. The number of amides is 1. The van der Waals surface area contributed by atoms with Crippen LogP contribution in [0.2, 0.25) is 0 Å². The number of rotatable bonds is 9. The van der Waals surface area contributed by atoms with Gasteiger partial charge in [-0.3, -0.25) is 14.5 Å². The highest BCUT2D eigenvalue weighted by molar-refractivity contribution is 6.51. The van der Waals surface area contributed by atoms with Crippen molar-refractivity contribution in [2.75, 3.05) is 32.8 Å². The van der Waals surface area contributed by atoms with Crippen molar-refractivity contribution >= 4 is 23.1 Å². The van der Waals surface area contributed by atoms with E-state index < -0.39 is 17.7 Å². The van der Waals surface area contributed by atoms with Crippen LogP contribution in [0.15, 0.2) is 60.2 Å². The van der Waals surface area contributed by atoms with Crippen LogP contribution in [-0.2, 0) is 9.59 Å². The molecule has 1 aliphatic heterocycles. The van der Waals surface area contributed by atoms with E-state index in [9.17, 15) is 14.7 Å². The number of anilines is 1. The fourth-order valence-electron chi connectivity index (χ4n) is 5.08. The number of para-hydroxylation sites is 1. The number of aliphatic hydroxyl groups is 1. The van der Waals surface area contributed by atoms with Crippen LogP contribution in [0.1, 0.15) is 55.0 Å². The van der Waals surface area contributed by atoms with Crippen LogP contribution in [0.4, 0.5) is 5.69 Å². The summed E-state index contributed by atoms with van der Waals surface area (Å²) in [6.45, 7) is 8.31. The molecule has 0 saturated carbocycles. The van der Waals surface area contributed by atoms with Gasteiger partial charge in [-0.05, 0) is 72.9 Å². The lowest BCUT2D eigenvalue weighted by Gasteiger charge is -2.28. The van der Waals surface area contributed by atoms with Crippen molar-refractivity contribution in [3.8, 4) is 23.0 Å². The van der Waals surface area contributed by atoms with Gasteiger partial charge in [-0.1, -0.05) is 32.0 Å². The average molecular weight is 546 g/mol. The van der Waals surface area contributed by atoms with E-state index in [-0.39, 0.29) is 17.3 Å². The number of methoxy groups -OCH3 is 3. The van der Waals surface area contributed by atoms with Crippen LogP contribution in [-0.4, -0.2) is 44.7 Å². The molecular weight excluding hydrogens is 510 g/mol. The van der Waals surface area contributed by atoms with Gasteiger partial charge in [0, 0.05) is 11.3 Å². The Bertz CT molecular complexity index is 1450. The van der Waals surface area contributed by atoms with Crippen LogP contribution >= 0.6 is 0 Å². The molecular formula is C32H35NO7. The summed E-state index contributed by atoms with van der Waals surface area (Å²) in [7, 11) is 4.48. The number of aliphatic hydroxyl groups excluding tert-OH is 1. The quantitative estimate of drug-likeness (QED) is 0.195. The number of hydrogen-bond acceptors (Lipinski definition) is 7. The predicted octanol–water partition coefficient (Wildman–Crippen LogP) is 6.17. The minimum Gasteiger partial charge on any atom is -0.507 e. The smallest absolute Gasteiger partial charge is 0.300 e. The molecule has 0 bridgehead atoms. The molecule has 4 rings (SSSR count). The molecule has 1 heterocycles. The van der Waals surface area contributed by atoms with E-state index >= 15 is 0 Å². The molecule has 0 spiro atoms. The summed E-state index contributed by atoms with van der Waals surface area (Å²) in [4.78, 5) is 28.8. The molecule has 0 radical (unpaired) electrons. The van der Waals surface area contributed by atoms with Gasteiger partial charge >= 0.3 is 0 Å². The highest BCUT2D eigenvalue weighted by Crippen LogP contribution is 2.47. The van der Waals surface area contributed by atoms with E-state index in [1.807, 2.05) is 39.8 Å². The molecule has 3 aromatic rings. The van der Waals surface area contributed by atoms with Gasteiger partial charge in [0.1, 0.15) is 11.5 Å². The molecule has 40 heavy (non-hydrogen) atoms.